The standard InChI is InChI=1S/C22H20ClNO6/c1-2-30-16-9-5-13(6-10-16)19-18(20(27)14-3-7-15(23)8-4-14)21(28)22(29)24(19)12-11-17(25)26/h3-10,19,27H,2,11-12H2,1H3,(H,25,26)/b20-18+/t19-/m1/s1. The number of ether oxygens (including phenoxy) is 1. The molecule has 3 rings (SSSR count). The number of rotatable bonds is 7. The Morgan fingerprint density at radius 2 is 1.70 bits per heavy atom. The van der Waals surface area contributed by atoms with Crippen molar-refractivity contribution in [2.75, 3.05) is 13.2 Å². The van der Waals surface area contributed by atoms with Crippen molar-refractivity contribution in [3.8, 4) is 5.75 Å². The summed E-state index contributed by atoms with van der Waals surface area (Å²) < 4.78 is 5.43. The Balaban J connectivity index is 2.11. The SMILES string of the molecule is CCOc1ccc([C@@H]2/C(=C(\O)c3ccc(Cl)cc3)C(=O)C(=O)N2CCC(=O)O)cc1. The van der Waals surface area contributed by atoms with E-state index in [4.69, 9.17) is 21.4 Å². The van der Waals surface area contributed by atoms with E-state index in [0.29, 0.717) is 28.5 Å². The number of amides is 1. The van der Waals surface area contributed by atoms with E-state index in [1.165, 1.54) is 17.0 Å². The van der Waals surface area contributed by atoms with Gasteiger partial charge in [-0.15, -0.1) is 0 Å². The molecule has 0 unspecified atom stereocenters. The fraction of sp³-hybridized carbons (Fsp3) is 0.227. The molecule has 8 heteroatoms. The summed E-state index contributed by atoms with van der Waals surface area (Å²) in [4.78, 5) is 37.7. The second kappa shape index (κ2) is 9.00. The molecule has 0 aliphatic carbocycles. The molecule has 7 nitrogen and oxygen atoms in total. The monoisotopic (exact) mass is 429 g/mol. The van der Waals surface area contributed by atoms with Crippen LogP contribution in [-0.4, -0.2) is 45.9 Å². The highest BCUT2D eigenvalue weighted by atomic mass is 35.5. The number of Topliss-reactive ketones (excluding diaryl/α,β-unsaturated/α-hetero) is 1. The fourth-order valence-corrected chi connectivity index (χ4v) is 3.48. The number of carboxylic acid groups (broad SMARTS) is 1. The molecular formula is C22H20ClNO6. The Morgan fingerprint density at radius 3 is 2.27 bits per heavy atom. The van der Waals surface area contributed by atoms with Gasteiger partial charge in [-0.1, -0.05) is 23.7 Å². The molecule has 0 spiro atoms. The Bertz CT molecular complexity index is 997. The quantitative estimate of drug-likeness (QED) is 0.395. The van der Waals surface area contributed by atoms with Crippen LogP contribution in [0.5, 0.6) is 5.75 Å². The highest BCUT2D eigenvalue weighted by Crippen LogP contribution is 2.40. The molecule has 0 aromatic heterocycles. The number of halogens is 1. The number of aliphatic carboxylic acids is 1. The highest BCUT2D eigenvalue weighted by Gasteiger charge is 2.46. The Labute approximate surface area is 178 Å². The maximum absolute atomic E-state index is 12.8. The third-order valence-electron chi connectivity index (χ3n) is 4.73. The van der Waals surface area contributed by atoms with Crippen LogP contribution in [0.4, 0.5) is 0 Å². The van der Waals surface area contributed by atoms with Gasteiger partial charge in [0.05, 0.1) is 24.6 Å². The molecule has 1 atom stereocenters. The first-order chi connectivity index (χ1) is 14.3. The minimum Gasteiger partial charge on any atom is -0.507 e. The minimum absolute atomic E-state index is 0.100. The summed E-state index contributed by atoms with van der Waals surface area (Å²) in [5.41, 5.74) is 0.780. The van der Waals surface area contributed by atoms with Gasteiger partial charge < -0.3 is 19.8 Å². The summed E-state index contributed by atoms with van der Waals surface area (Å²) in [6, 6.07) is 12.0. The third kappa shape index (κ3) is 4.31. The molecule has 30 heavy (non-hydrogen) atoms. The lowest BCUT2D eigenvalue weighted by Gasteiger charge is -2.25. The third-order valence-corrected chi connectivity index (χ3v) is 4.98. The molecule has 2 aromatic rings. The Kier molecular flexibility index (Phi) is 6.42. The van der Waals surface area contributed by atoms with Crippen molar-refractivity contribution in [2.24, 2.45) is 0 Å². The van der Waals surface area contributed by atoms with Crippen LogP contribution in [0.3, 0.4) is 0 Å². The van der Waals surface area contributed by atoms with E-state index in [1.807, 2.05) is 6.92 Å². The Hall–Kier alpha value is -3.32. The molecule has 1 aliphatic heterocycles. The summed E-state index contributed by atoms with van der Waals surface area (Å²) in [5.74, 6) is -2.56. The predicted octanol–water partition coefficient (Wildman–Crippen LogP) is 3.64. The second-order valence-electron chi connectivity index (χ2n) is 6.65. The largest absolute Gasteiger partial charge is 0.507 e. The molecule has 1 heterocycles. The smallest absolute Gasteiger partial charge is 0.305 e. The number of aliphatic hydroxyl groups excluding tert-OH is 1. The van der Waals surface area contributed by atoms with Gasteiger partial charge in [0.25, 0.3) is 11.7 Å². The van der Waals surface area contributed by atoms with Crippen molar-refractivity contribution < 1.29 is 29.3 Å². The van der Waals surface area contributed by atoms with Crippen LogP contribution in [0.1, 0.15) is 30.5 Å². The van der Waals surface area contributed by atoms with Crippen LogP contribution in [0.25, 0.3) is 5.76 Å². The van der Waals surface area contributed by atoms with Crippen molar-refractivity contribution in [2.45, 2.75) is 19.4 Å². The van der Waals surface area contributed by atoms with Crippen LogP contribution in [-0.2, 0) is 14.4 Å². The normalized spacial score (nSPS) is 17.9. The summed E-state index contributed by atoms with van der Waals surface area (Å²) in [6.45, 7) is 2.16. The zero-order chi connectivity index (χ0) is 21.8. The first-order valence-corrected chi connectivity index (χ1v) is 9.70. The van der Waals surface area contributed by atoms with E-state index in [0.717, 1.165) is 0 Å². The topological polar surface area (TPSA) is 104 Å². The maximum Gasteiger partial charge on any atom is 0.305 e. The van der Waals surface area contributed by atoms with E-state index >= 15 is 0 Å². The van der Waals surface area contributed by atoms with Gasteiger partial charge in [0.2, 0.25) is 0 Å². The number of carbonyl (C=O) groups excluding carboxylic acids is 2. The average Bonchev–Trinajstić information content (AvgIpc) is 2.98. The molecular weight excluding hydrogens is 410 g/mol. The molecule has 1 fully saturated rings. The van der Waals surface area contributed by atoms with Crippen LogP contribution < -0.4 is 4.74 Å². The number of likely N-dealkylation sites (tertiary alicyclic amines) is 1. The zero-order valence-electron chi connectivity index (χ0n) is 16.2. The molecule has 1 aliphatic rings. The van der Waals surface area contributed by atoms with Crippen LogP contribution in [0, 0.1) is 0 Å². The molecule has 1 amide bonds. The van der Waals surface area contributed by atoms with Gasteiger partial charge in [-0.05, 0) is 48.9 Å². The number of aliphatic hydroxyl groups is 1. The number of hydrogen-bond donors (Lipinski definition) is 2. The van der Waals surface area contributed by atoms with E-state index in [9.17, 15) is 19.5 Å². The zero-order valence-corrected chi connectivity index (χ0v) is 16.9. The van der Waals surface area contributed by atoms with Gasteiger partial charge >= 0.3 is 5.97 Å². The molecule has 0 saturated carbocycles. The lowest BCUT2D eigenvalue weighted by molar-refractivity contribution is -0.142. The fourth-order valence-electron chi connectivity index (χ4n) is 3.35. The molecule has 0 bridgehead atoms. The number of benzene rings is 2. The average molecular weight is 430 g/mol. The second-order valence-corrected chi connectivity index (χ2v) is 7.08. The van der Waals surface area contributed by atoms with Crippen molar-refractivity contribution >= 4 is 35.0 Å². The molecule has 2 N–H and O–H groups in total. The van der Waals surface area contributed by atoms with Gasteiger partial charge in [-0.25, -0.2) is 0 Å². The van der Waals surface area contributed by atoms with Crippen LogP contribution >= 0.6 is 11.6 Å². The van der Waals surface area contributed by atoms with Gasteiger partial charge in [0.15, 0.2) is 0 Å². The van der Waals surface area contributed by atoms with Crippen molar-refractivity contribution in [1.29, 1.82) is 0 Å². The summed E-state index contributed by atoms with van der Waals surface area (Å²) in [6.07, 6.45) is -0.332. The predicted molar refractivity (Wildman–Crippen MR) is 110 cm³/mol. The van der Waals surface area contributed by atoms with E-state index in [-0.39, 0.29) is 24.3 Å². The minimum atomic E-state index is -1.10. The maximum atomic E-state index is 12.8. The molecule has 2 aromatic carbocycles. The lowest BCUT2D eigenvalue weighted by atomic mass is 9.95. The van der Waals surface area contributed by atoms with Gasteiger partial charge in [-0.2, -0.15) is 0 Å². The van der Waals surface area contributed by atoms with Gasteiger partial charge in [0.1, 0.15) is 11.5 Å². The first-order valence-electron chi connectivity index (χ1n) is 9.32. The van der Waals surface area contributed by atoms with E-state index in [2.05, 4.69) is 0 Å². The van der Waals surface area contributed by atoms with E-state index in [1.54, 1.807) is 36.4 Å². The summed E-state index contributed by atoms with van der Waals surface area (Å²) in [7, 11) is 0. The van der Waals surface area contributed by atoms with Gasteiger partial charge in [-0.3, -0.25) is 14.4 Å². The Morgan fingerprint density at radius 1 is 1.07 bits per heavy atom. The lowest BCUT2D eigenvalue weighted by Crippen LogP contribution is -2.31. The van der Waals surface area contributed by atoms with Gasteiger partial charge in [0, 0.05) is 17.1 Å². The summed E-state index contributed by atoms with van der Waals surface area (Å²) >= 11 is 5.89. The van der Waals surface area contributed by atoms with Crippen molar-refractivity contribution in [3.05, 3.63) is 70.3 Å². The van der Waals surface area contributed by atoms with Crippen LogP contribution in [0.2, 0.25) is 5.02 Å². The van der Waals surface area contributed by atoms with E-state index < -0.39 is 23.7 Å². The molecule has 156 valence electrons. The number of carbonyl (C=O) groups is 3. The number of nitrogens with zero attached hydrogens (tertiary/aromatic N) is 1. The number of carboxylic acids is 1. The molecule has 0 radical (unpaired) electrons. The summed E-state index contributed by atoms with van der Waals surface area (Å²) in [5, 5.41) is 20.4. The van der Waals surface area contributed by atoms with Crippen molar-refractivity contribution in [3.63, 3.8) is 0 Å². The number of hydrogen-bond acceptors (Lipinski definition) is 5. The first kappa shape index (κ1) is 21.4. The van der Waals surface area contributed by atoms with Crippen LogP contribution in [0.15, 0.2) is 54.1 Å². The van der Waals surface area contributed by atoms with Crippen molar-refractivity contribution in [1.82, 2.24) is 4.90 Å². The molecule has 1 saturated heterocycles. The number of ketones is 1. The highest BCUT2D eigenvalue weighted by molar-refractivity contribution is 6.46.